The zero-order valence-electron chi connectivity index (χ0n) is 17.7. The molecule has 1 spiro atoms. The molecule has 0 aromatic heterocycles. The molecular weight excluding hydrogens is 528 g/mol. The fourth-order valence-electron chi connectivity index (χ4n) is 5.53. The molecule has 0 unspecified atom stereocenters. The minimum atomic E-state index is -0.367. The molecular formula is C27H24Br2N2O. The topological polar surface area (TPSA) is 24.8 Å². The summed E-state index contributed by atoms with van der Waals surface area (Å²) < 4.78 is 8.98. The normalized spacial score (nSPS) is 26.3. The predicted octanol–water partition coefficient (Wildman–Crippen LogP) is 7.81. The van der Waals surface area contributed by atoms with Crippen LogP contribution < -0.4 is 4.74 Å². The minimum Gasteiger partial charge on any atom is -0.466 e. The first-order valence-electron chi connectivity index (χ1n) is 11.3. The van der Waals surface area contributed by atoms with Crippen molar-refractivity contribution in [3.05, 3.63) is 98.4 Å². The van der Waals surface area contributed by atoms with Crippen LogP contribution in [-0.2, 0) is 0 Å². The van der Waals surface area contributed by atoms with Gasteiger partial charge in [0.25, 0.3) is 0 Å². The molecule has 3 aliphatic rings. The Balaban J connectivity index is 1.36. The number of ether oxygens (including phenoxy) is 1. The standard InChI is InChI=1S/C27H24Br2N2O/c28-21-8-6-20(7-9-21)24-17-25-23-16-22(29)10-11-26(23)32-27(31(25)30-24)14-12-19(13-15-27)18-4-2-1-3-5-18/h1-11,16,19,25H,12-15,17H2/t19?,25-,27?/m1/s1. The Morgan fingerprint density at radius 2 is 1.59 bits per heavy atom. The van der Waals surface area contributed by atoms with Gasteiger partial charge in [0.1, 0.15) is 5.75 Å². The average Bonchev–Trinajstić information content (AvgIpc) is 3.28. The number of hydrogen-bond acceptors (Lipinski definition) is 3. The van der Waals surface area contributed by atoms with E-state index in [1.165, 1.54) is 16.7 Å². The van der Waals surface area contributed by atoms with E-state index in [9.17, 15) is 0 Å². The highest BCUT2D eigenvalue weighted by Crippen LogP contribution is 2.53. The second kappa shape index (κ2) is 8.03. The molecule has 1 fully saturated rings. The molecule has 32 heavy (non-hydrogen) atoms. The summed E-state index contributed by atoms with van der Waals surface area (Å²) in [4.78, 5) is 0. The molecule has 6 rings (SSSR count). The Kier molecular flexibility index (Phi) is 5.14. The van der Waals surface area contributed by atoms with Gasteiger partial charge < -0.3 is 4.74 Å². The smallest absolute Gasteiger partial charge is 0.198 e. The third-order valence-electron chi connectivity index (χ3n) is 7.17. The van der Waals surface area contributed by atoms with Crippen LogP contribution in [0.2, 0.25) is 0 Å². The minimum absolute atomic E-state index is 0.211. The molecule has 1 aliphatic carbocycles. The number of halogens is 2. The van der Waals surface area contributed by atoms with Gasteiger partial charge >= 0.3 is 0 Å². The van der Waals surface area contributed by atoms with E-state index in [-0.39, 0.29) is 11.8 Å². The van der Waals surface area contributed by atoms with E-state index in [0.717, 1.165) is 52.5 Å². The Morgan fingerprint density at radius 3 is 2.34 bits per heavy atom. The van der Waals surface area contributed by atoms with Crippen LogP contribution in [0.5, 0.6) is 5.75 Å². The molecule has 5 heteroatoms. The van der Waals surface area contributed by atoms with Crippen molar-refractivity contribution >= 4 is 37.6 Å². The van der Waals surface area contributed by atoms with Gasteiger partial charge in [-0.25, -0.2) is 5.01 Å². The van der Waals surface area contributed by atoms with Crippen LogP contribution in [-0.4, -0.2) is 16.4 Å². The summed E-state index contributed by atoms with van der Waals surface area (Å²) in [6.45, 7) is 0. The Morgan fingerprint density at radius 1 is 0.875 bits per heavy atom. The van der Waals surface area contributed by atoms with E-state index in [4.69, 9.17) is 9.84 Å². The monoisotopic (exact) mass is 550 g/mol. The maximum absolute atomic E-state index is 6.81. The summed E-state index contributed by atoms with van der Waals surface area (Å²) in [5.74, 6) is 1.60. The molecule has 2 aliphatic heterocycles. The van der Waals surface area contributed by atoms with Crippen LogP contribution in [0.15, 0.2) is 86.8 Å². The zero-order chi connectivity index (χ0) is 21.7. The van der Waals surface area contributed by atoms with E-state index < -0.39 is 0 Å². The summed E-state index contributed by atoms with van der Waals surface area (Å²) >= 11 is 7.21. The summed E-state index contributed by atoms with van der Waals surface area (Å²) in [5.41, 5.74) is 4.63. The lowest BCUT2D eigenvalue weighted by Gasteiger charge is -2.50. The highest BCUT2D eigenvalue weighted by molar-refractivity contribution is 9.10. The molecule has 0 amide bonds. The lowest BCUT2D eigenvalue weighted by atomic mass is 9.78. The largest absolute Gasteiger partial charge is 0.466 e. The van der Waals surface area contributed by atoms with Crippen molar-refractivity contribution in [2.75, 3.05) is 0 Å². The highest BCUT2D eigenvalue weighted by atomic mass is 79.9. The molecule has 162 valence electrons. The highest BCUT2D eigenvalue weighted by Gasteiger charge is 2.52. The van der Waals surface area contributed by atoms with Crippen LogP contribution in [0.4, 0.5) is 0 Å². The number of rotatable bonds is 2. The number of nitrogens with zero attached hydrogens (tertiary/aromatic N) is 2. The molecule has 0 radical (unpaired) electrons. The van der Waals surface area contributed by atoms with Gasteiger partial charge in [0.2, 0.25) is 0 Å². The molecule has 0 saturated heterocycles. The fraction of sp³-hybridized carbons (Fsp3) is 0.296. The van der Waals surface area contributed by atoms with Gasteiger partial charge in [0.15, 0.2) is 5.72 Å². The van der Waals surface area contributed by atoms with Gasteiger partial charge in [-0.15, -0.1) is 0 Å². The maximum atomic E-state index is 6.81. The van der Waals surface area contributed by atoms with Crippen molar-refractivity contribution in [1.29, 1.82) is 0 Å². The van der Waals surface area contributed by atoms with Crippen LogP contribution in [0, 0.1) is 0 Å². The van der Waals surface area contributed by atoms with Gasteiger partial charge in [-0.1, -0.05) is 74.3 Å². The van der Waals surface area contributed by atoms with Crippen molar-refractivity contribution in [2.24, 2.45) is 5.10 Å². The lowest BCUT2D eigenvalue weighted by Crippen LogP contribution is -2.55. The van der Waals surface area contributed by atoms with Gasteiger partial charge in [-0.05, 0) is 60.2 Å². The molecule has 3 aromatic rings. The zero-order valence-corrected chi connectivity index (χ0v) is 20.8. The van der Waals surface area contributed by atoms with Gasteiger partial charge in [0, 0.05) is 33.8 Å². The second-order valence-corrected chi connectivity index (χ2v) is 10.9. The van der Waals surface area contributed by atoms with E-state index in [1.807, 2.05) is 0 Å². The molecule has 3 nitrogen and oxygen atoms in total. The summed E-state index contributed by atoms with van der Waals surface area (Å²) in [5, 5.41) is 7.51. The third-order valence-corrected chi connectivity index (χ3v) is 8.20. The molecule has 0 bridgehead atoms. The van der Waals surface area contributed by atoms with Crippen molar-refractivity contribution in [2.45, 2.75) is 49.8 Å². The summed E-state index contributed by atoms with van der Waals surface area (Å²) in [7, 11) is 0. The van der Waals surface area contributed by atoms with Crippen molar-refractivity contribution < 1.29 is 4.74 Å². The Labute approximate surface area is 205 Å². The first-order valence-corrected chi connectivity index (χ1v) is 12.9. The first-order chi connectivity index (χ1) is 15.6. The van der Waals surface area contributed by atoms with E-state index in [1.54, 1.807) is 0 Å². The Hall–Kier alpha value is -2.11. The third kappa shape index (κ3) is 3.50. The second-order valence-electron chi connectivity index (χ2n) is 9.03. The van der Waals surface area contributed by atoms with Gasteiger partial charge in [-0.3, -0.25) is 0 Å². The lowest BCUT2D eigenvalue weighted by molar-refractivity contribution is -0.142. The number of hydrazone groups is 1. The number of fused-ring (bicyclic) bond motifs is 4. The fourth-order valence-corrected chi connectivity index (χ4v) is 6.17. The van der Waals surface area contributed by atoms with E-state index in [0.29, 0.717) is 5.92 Å². The van der Waals surface area contributed by atoms with Gasteiger partial charge in [0.05, 0.1) is 11.8 Å². The molecule has 1 saturated carbocycles. The number of benzene rings is 3. The van der Waals surface area contributed by atoms with Crippen LogP contribution >= 0.6 is 31.9 Å². The van der Waals surface area contributed by atoms with Crippen LogP contribution in [0.1, 0.15) is 60.8 Å². The first kappa shape index (κ1) is 20.5. The van der Waals surface area contributed by atoms with E-state index in [2.05, 4.69) is 110 Å². The Bertz CT molecular complexity index is 1170. The van der Waals surface area contributed by atoms with Gasteiger partial charge in [-0.2, -0.15) is 5.10 Å². The molecule has 3 aromatic carbocycles. The average molecular weight is 552 g/mol. The SMILES string of the molecule is Brc1ccc(C2=NN3[C@H](C2)c2cc(Br)ccc2OC32CCC(c3ccccc3)CC2)cc1. The number of hydrogen-bond donors (Lipinski definition) is 0. The predicted molar refractivity (Wildman–Crippen MR) is 135 cm³/mol. The van der Waals surface area contributed by atoms with Crippen LogP contribution in [0.25, 0.3) is 0 Å². The summed E-state index contributed by atoms with van der Waals surface area (Å²) in [6, 6.07) is 26.0. The van der Waals surface area contributed by atoms with Crippen molar-refractivity contribution in [3.8, 4) is 5.75 Å². The van der Waals surface area contributed by atoms with Crippen molar-refractivity contribution in [1.82, 2.24) is 5.01 Å². The molecule has 2 heterocycles. The molecule has 1 atom stereocenters. The van der Waals surface area contributed by atoms with Crippen molar-refractivity contribution in [3.63, 3.8) is 0 Å². The maximum Gasteiger partial charge on any atom is 0.198 e. The van der Waals surface area contributed by atoms with E-state index >= 15 is 0 Å². The quantitative estimate of drug-likeness (QED) is 0.324. The molecule has 0 N–H and O–H groups in total. The van der Waals surface area contributed by atoms with Crippen LogP contribution in [0.3, 0.4) is 0 Å². The summed E-state index contributed by atoms with van der Waals surface area (Å²) in [6.07, 6.45) is 5.09.